The Kier molecular flexibility index (Phi) is 4.63. The van der Waals surface area contributed by atoms with Gasteiger partial charge in [-0.3, -0.25) is 0 Å². The molecule has 0 bridgehead atoms. The molecule has 0 spiro atoms. The first-order valence-electron chi connectivity index (χ1n) is 14.7. The zero-order valence-corrected chi connectivity index (χ0v) is 24.0. The summed E-state index contributed by atoms with van der Waals surface area (Å²) in [6.07, 6.45) is 0. The van der Waals surface area contributed by atoms with Crippen molar-refractivity contribution in [1.29, 1.82) is 0 Å². The maximum atomic E-state index is 2.50. The smallest absolute Gasteiger partial charge is 0.0555 e. The molecule has 2 nitrogen and oxygen atoms in total. The number of aromatic nitrogens is 2. The first-order chi connectivity index (χ1) is 21.4. The maximum Gasteiger partial charge on any atom is 0.0555 e. The Labute approximate surface area is 251 Å². The standard InChI is InChI=1S/C40H24N2S/c1-2-13-26-25(11-1)12-9-19-30(26)41-31-17-6-3-14-27(31)39-34(41)23-24-35-40(39)28-15-4-7-18-32(28)42(35)33-20-10-22-37-38(33)29-16-5-8-21-36(29)43-37/h1-24H. The van der Waals surface area contributed by atoms with Crippen molar-refractivity contribution in [3.8, 4) is 11.4 Å². The van der Waals surface area contributed by atoms with E-state index in [0.29, 0.717) is 0 Å². The molecule has 10 rings (SSSR count). The van der Waals surface area contributed by atoms with Crippen molar-refractivity contribution >= 4 is 85.9 Å². The lowest BCUT2D eigenvalue weighted by molar-refractivity contribution is 1.19. The van der Waals surface area contributed by atoms with Gasteiger partial charge in [0.1, 0.15) is 0 Å². The van der Waals surface area contributed by atoms with E-state index in [9.17, 15) is 0 Å². The lowest BCUT2D eigenvalue weighted by Crippen LogP contribution is -1.96. The van der Waals surface area contributed by atoms with Crippen molar-refractivity contribution in [2.75, 3.05) is 0 Å². The Morgan fingerprint density at radius 2 is 0.837 bits per heavy atom. The fourth-order valence-electron chi connectivity index (χ4n) is 7.38. The molecule has 7 aromatic carbocycles. The highest BCUT2D eigenvalue weighted by atomic mass is 32.1. The highest BCUT2D eigenvalue weighted by molar-refractivity contribution is 7.25. The largest absolute Gasteiger partial charge is 0.309 e. The van der Waals surface area contributed by atoms with Crippen molar-refractivity contribution in [2.45, 2.75) is 0 Å². The second-order valence-electron chi connectivity index (χ2n) is 11.3. The van der Waals surface area contributed by atoms with Crippen LogP contribution in [-0.2, 0) is 0 Å². The Morgan fingerprint density at radius 3 is 1.58 bits per heavy atom. The summed E-state index contributed by atoms with van der Waals surface area (Å²) in [7, 11) is 0. The minimum absolute atomic E-state index is 1.21. The molecule has 0 saturated carbocycles. The topological polar surface area (TPSA) is 9.86 Å². The predicted molar refractivity (Wildman–Crippen MR) is 186 cm³/mol. The monoisotopic (exact) mass is 564 g/mol. The van der Waals surface area contributed by atoms with E-state index in [1.54, 1.807) is 0 Å². The number of benzene rings is 7. The van der Waals surface area contributed by atoms with E-state index in [1.165, 1.54) is 85.9 Å². The first-order valence-corrected chi connectivity index (χ1v) is 15.5. The Hall–Kier alpha value is -5.38. The van der Waals surface area contributed by atoms with Crippen LogP contribution in [-0.4, -0.2) is 9.13 Å². The fraction of sp³-hybridized carbons (Fsp3) is 0. The van der Waals surface area contributed by atoms with Crippen molar-refractivity contribution in [3.63, 3.8) is 0 Å². The summed E-state index contributed by atoms with van der Waals surface area (Å²) in [4.78, 5) is 0. The number of thiophene rings is 1. The second-order valence-corrected chi connectivity index (χ2v) is 12.4. The molecule has 0 aliphatic rings. The fourth-order valence-corrected chi connectivity index (χ4v) is 8.51. The Balaban J connectivity index is 1.41. The molecule has 10 aromatic rings. The highest BCUT2D eigenvalue weighted by Gasteiger charge is 2.22. The molecule has 3 heterocycles. The number of rotatable bonds is 2. The van der Waals surface area contributed by atoms with Gasteiger partial charge in [-0.15, -0.1) is 11.3 Å². The van der Waals surface area contributed by atoms with E-state index in [1.807, 2.05) is 11.3 Å². The van der Waals surface area contributed by atoms with Crippen LogP contribution in [0.3, 0.4) is 0 Å². The van der Waals surface area contributed by atoms with Crippen molar-refractivity contribution in [2.24, 2.45) is 0 Å². The van der Waals surface area contributed by atoms with E-state index in [0.717, 1.165) is 0 Å². The van der Waals surface area contributed by atoms with Crippen LogP contribution in [0.25, 0.3) is 85.9 Å². The quantitative estimate of drug-likeness (QED) is 0.198. The normalized spacial score (nSPS) is 12.2. The van der Waals surface area contributed by atoms with Gasteiger partial charge >= 0.3 is 0 Å². The zero-order valence-electron chi connectivity index (χ0n) is 23.2. The summed E-state index contributed by atoms with van der Waals surface area (Å²) in [6.45, 7) is 0. The molecule has 0 saturated heterocycles. The molecule has 3 heteroatoms. The lowest BCUT2D eigenvalue weighted by atomic mass is 10.1. The summed E-state index contributed by atoms with van der Waals surface area (Å²) in [5.74, 6) is 0. The van der Waals surface area contributed by atoms with Crippen molar-refractivity contribution in [1.82, 2.24) is 9.13 Å². The van der Waals surface area contributed by atoms with Gasteiger partial charge < -0.3 is 9.13 Å². The van der Waals surface area contributed by atoms with Gasteiger partial charge in [-0.25, -0.2) is 0 Å². The molecule has 3 aromatic heterocycles. The number of fused-ring (bicyclic) bond motifs is 11. The molecular weight excluding hydrogens is 541 g/mol. The molecule has 0 aliphatic heterocycles. The van der Waals surface area contributed by atoms with Crippen LogP contribution in [0.4, 0.5) is 0 Å². The van der Waals surface area contributed by atoms with Crippen molar-refractivity contribution in [3.05, 3.63) is 146 Å². The molecule has 0 N–H and O–H groups in total. The molecular formula is C40H24N2S. The van der Waals surface area contributed by atoms with E-state index in [-0.39, 0.29) is 0 Å². The molecule has 0 amide bonds. The molecule has 0 atom stereocenters. The molecule has 0 fully saturated rings. The Bertz CT molecular complexity index is 2730. The number of nitrogens with zero attached hydrogens (tertiary/aromatic N) is 2. The van der Waals surface area contributed by atoms with E-state index < -0.39 is 0 Å². The zero-order chi connectivity index (χ0) is 28.1. The van der Waals surface area contributed by atoms with E-state index in [4.69, 9.17) is 0 Å². The minimum atomic E-state index is 1.21. The predicted octanol–water partition coefficient (Wildman–Crippen LogP) is 11.4. The SMILES string of the molecule is c1ccc2c(-n3c4ccccc4c4c5c6ccccc6n(-c6cccc7sc8ccccc8c67)c5ccc43)cccc2c1. The summed E-state index contributed by atoms with van der Waals surface area (Å²) >= 11 is 1.87. The summed E-state index contributed by atoms with van der Waals surface area (Å²) < 4.78 is 7.60. The molecule has 43 heavy (non-hydrogen) atoms. The van der Waals surface area contributed by atoms with Crippen LogP contribution in [0, 0.1) is 0 Å². The van der Waals surface area contributed by atoms with Crippen LogP contribution < -0.4 is 0 Å². The molecule has 200 valence electrons. The molecule has 0 unspecified atom stereocenters. The number of para-hydroxylation sites is 2. The van der Waals surface area contributed by atoms with Gasteiger partial charge in [0, 0.05) is 47.1 Å². The van der Waals surface area contributed by atoms with Gasteiger partial charge in [-0.1, -0.05) is 97.1 Å². The van der Waals surface area contributed by atoms with Gasteiger partial charge in [0.2, 0.25) is 0 Å². The minimum Gasteiger partial charge on any atom is -0.309 e. The third kappa shape index (κ3) is 3.07. The third-order valence-electron chi connectivity index (χ3n) is 9.10. The van der Waals surface area contributed by atoms with Crippen molar-refractivity contribution < 1.29 is 0 Å². The van der Waals surface area contributed by atoms with Crippen LogP contribution in [0.5, 0.6) is 0 Å². The van der Waals surface area contributed by atoms with E-state index >= 15 is 0 Å². The van der Waals surface area contributed by atoms with Crippen LogP contribution in [0.1, 0.15) is 0 Å². The maximum absolute atomic E-state index is 2.50. The first kappa shape index (κ1) is 23.2. The summed E-state index contributed by atoms with van der Waals surface area (Å²) in [5.41, 5.74) is 7.36. The van der Waals surface area contributed by atoms with Crippen LogP contribution in [0.15, 0.2) is 146 Å². The number of hydrogen-bond acceptors (Lipinski definition) is 1. The van der Waals surface area contributed by atoms with Gasteiger partial charge in [-0.05, 0) is 53.9 Å². The van der Waals surface area contributed by atoms with Gasteiger partial charge in [-0.2, -0.15) is 0 Å². The average molecular weight is 565 g/mol. The summed E-state index contributed by atoms with van der Waals surface area (Å²) in [5, 5.41) is 10.3. The second kappa shape index (κ2) is 8.57. The third-order valence-corrected chi connectivity index (χ3v) is 10.2. The van der Waals surface area contributed by atoms with Gasteiger partial charge in [0.05, 0.1) is 33.4 Å². The van der Waals surface area contributed by atoms with Crippen LogP contribution >= 0.6 is 11.3 Å². The highest BCUT2D eigenvalue weighted by Crippen LogP contribution is 2.45. The molecule has 0 radical (unpaired) electrons. The van der Waals surface area contributed by atoms with Gasteiger partial charge in [0.25, 0.3) is 0 Å². The Morgan fingerprint density at radius 1 is 0.326 bits per heavy atom. The van der Waals surface area contributed by atoms with E-state index in [2.05, 4.69) is 155 Å². The average Bonchev–Trinajstić information content (AvgIpc) is 3.72. The lowest BCUT2D eigenvalue weighted by Gasteiger charge is -2.12. The molecule has 0 aliphatic carbocycles. The van der Waals surface area contributed by atoms with Crippen LogP contribution in [0.2, 0.25) is 0 Å². The number of hydrogen-bond donors (Lipinski definition) is 0. The van der Waals surface area contributed by atoms with Gasteiger partial charge in [0.15, 0.2) is 0 Å². The summed E-state index contributed by atoms with van der Waals surface area (Å²) in [6, 6.07) is 53.3.